The average molecular weight is 608 g/mol. The van der Waals surface area contributed by atoms with Crippen LogP contribution in [-0.2, 0) is 26.3 Å². The van der Waals surface area contributed by atoms with E-state index < -0.39 is 23.9 Å². The standard InChI is InChI=1S/C35H46FN3O5/c1-4-15-39-16-6-7-17-44-30-20-26(19-29(36)22-30)21-31(38-34(42)27(24-43-3)11-12-33(39)41)32(40)23-37-35(13-14-35)28-10-8-9-25(5-2)18-28/h2,8-10,18-20,22,27,31-32,37,40H,4,6-7,11-17,21,23-24H2,1,3H3,(H,38,42)/t27?,31-,32+/m0/s1. The predicted octanol–water partition coefficient (Wildman–Crippen LogP) is 3.93. The number of terminal acetylenes is 1. The van der Waals surface area contributed by atoms with Gasteiger partial charge in [0.2, 0.25) is 11.8 Å². The van der Waals surface area contributed by atoms with E-state index in [1.165, 1.54) is 19.2 Å². The highest BCUT2D eigenvalue weighted by atomic mass is 19.1. The summed E-state index contributed by atoms with van der Waals surface area (Å²) in [7, 11) is 1.52. The lowest BCUT2D eigenvalue weighted by Crippen LogP contribution is -2.52. The molecule has 0 spiro atoms. The van der Waals surface area contributed by atoms with Crippen LogP contribution in [0.1, 0.15) is 68.6 Å². The molecule has 3 atom stereocenters. The Balaban J connectivity index is 1.56. The van der Waals surface area contributed by atoms with Crippen molar-refractivity contribution in [1.29, 1.82) is 0 Å². The second-order valence-corrected chi connectivity index (χ2v) is 12.0. The smallest absolute Gasteiger partial charge is 0.225 e. The summed E-state index contributed by atoms with van der Waals surface area (Å²) in [6.45, 7) is 4.00. The first kappa shape index (κ1) is 33.4. The zero-order valence-electron chi connectivity index (χ0n) is 25.9. The van der Waals surface area contributed by atoms with Gasteiger partial charge in [-0.2, -0.15) is 0 Å². The minimum absolute atomic E-state index is 0.00383. The van der Waals surface area contributed by atoms with Gasteiger partial charge in [-0.25, -0.2) is 4.39 Å². The van der Waals surface area contributed by atoms with Crippen LogP contribution in [0, 0.1) is 24.1 Å². The minimum atomic E-state index is -0.994. The van der Waals surface area contributed by atoms with E-state index in [2.05, 4.69) is 16.6 Å². The molecule has 0 radical (unpaired) electrons. The molecule has 44 heavy (non-hydrogen) atoms. The molecule has 2 aliphatic rings. The van der Waals surface area contributed by atoms with E-state index in [9.17, 15) is 19.1 Å². The number of benzene rings is 2. The Bertz CT molecular complexity index is 1310. The fourth-order valence-corrected chi connectivity index (χ4v) is 5.87. The molecule has 2 aromatic carbocycles. The molecule has 1 unspecified atom stereocenters. The maximum absolute atomic E-state index is 14.7. The molecule has 4 rings (SSSR count). The Kier molecular flexibility index (Phi) is 12.2. The first-order valence-electron chi connectivity index (χ1n) is 15.8. The second-order valence-electron chi connectivity index (χ2n) is 12.0. The van der Waals surface area contributed by atoms with E-state index in [4.69, 9.17) is 15.9 Å². The van der Waals surface area contributed by atoms with E-state index in [1.807, 2.05) is 36.1 Å². The number of hydrogen-bond donors (Lipinski definition) is 3. The van der Waals surface area contributed by atoms with Gasteiger partial charge in [-0.3, -0.25) is 9.59 Å². The zero-order chi connectivity index (χ0) is 31.5. The van der Waals surface area contributed by atoms with E-state index in [1.54, 1.807) is 6.07 Å². The third kappa shape index (κ3) is 9.28. The number of carbonyl (C=O) groups is 2. The van der Waals surface area contributed by atoms with Crippen LogP contribution in [0.2, 0.25) is 0 Å². The molecular weight excluding hydrogens is 561 g/mol. The van der Waals surface area contributed by atoms with Gasteiger partial charge in [0.15, 0.2) is 0 Å². The van der Waals surface area contributed by atoms with Crippen molar-refractivity contribution in [2.75, 3.05) is 40.0 Å². The molecular formula is C35H46FN3O5. The number of carbonyl (C=O) groups excluding carboxylic acids is 2. The number of methoxy groups -OCH3 is 1. The number of ether oxygens (including phenoxy) is 2. The number of nitrogens with one attached hydrogen (secondary N) is 2. The SMILES string of the molecule is C#Cc1cccc(C2(NC[C@@H](O)[C@@H]3Cc4cc(F)cc(c4)OCCCCN(CCC)C(=O)CCC(COC)C(=O)N3)CC2)c1. The number of aliphatic hydroxyl groups is 1. The van der Waals surface area contributed by atoms with Crippen molar-refractivity contribution < 1.29 is 28.6 Å². The Morgan fingerprint density at radius 2 is 2.07 bits per heavy atom. The quantitative estimate of drug-likeness (QED) is 0.374. The molecule has 2 amide bonds. The molecule has 1 heterocycles. The van der Waals surface area contributed by atoms with Crippen molar-refractivity contribution in [3.8, 4) is 18.1 Å². The number of aliphatic hydroxyl groups excluding tert-OH is 1. The van der Waals surface area contributed by atoms with Crippen LogP contribution in [0.4, 0.5) is 4.39 Å². The van der Waals surface area contributed by atoms with Crippen molar-refractivity contribution in [2.45, 2.75) is 76.0 Å². The normalized spacial score (nSPS) is 21.8. The number of amides is 2. The summed E-state index contributed by atoms with van der Waals surface area (Å²) in [6.07, 6.45) is 9.44. The number of halogens is 1. The maximum Gasteiger partial charge on any atom is 0.225 e. The van der Waals surface area contributed by atoms with Crippen LogP contribution < -0.4 is 15.4 Å². The van der Waals surface area contributed by atoms with Crippen LogP contribution in [0.15, 0.2) is 42.5 Å². The average Bonchev–Trinajstić information content (AvgIpc) is 3.81. The van der Waals surface area contributed by atoms with Crippen LogP contribution in [-0.4, -0.2) is 73.9 Å². The van der Waals surface area contributed by atoms with Crippen LogP contribution in [0.3, 0.4) is 0 Å². The molecule has 9 heteroatoms. The molecule has 2 aromatic rings. The lowest BCUT2D eigenvalue weighted by molar-refractivity contribution is -0.133. The van der Waals surface area contributed by atoms with Crippen molar-refractivity contribution in [3.63, 3.8) is 0 Å². The summed E-state index contributed by atoms with van der Waals surface area (Å²) < 4.78 is 25.9. The molecule has 8 nitrogen and oxygen atoms in total. The van der Waals surface area contributed by atoms with Crippen LogP contribution >= 0.6 is 0 Å². The molecule has 1 aliphatic carbocycles. The molecule has 1 saturated carbocycles. The van der Waals surface area contributed by atoms with E-state index in [0.29, 0.717) is 43.9 Å². The molecule has 2 bridgehead atoms. The minimum Gasteiger partial charge on any atom is -0.493 e. The zero-order valence-corrected chi connectivity index (χ0v) is 25.9. The van der Waals surface area contributed by atoms with Crippen molar-refractivity contribution in [2.24, 2.45) is 5.92 Å². The monoisotopic (exact) mass is 607 g/mol. The van der Waals surface area contributed by atoms with Gasteiger partial charge in [-0.05, 0) is 80.3 Å². The summed E-state index contributed by atoms with van der Waals surface area (Å²) >= 11 is 0. The summed E-state index contributed by atoms with van der Waals surface area (Å²) in [5, 5.41) is 18.0. The van der Waals surface area contributed by atoms with Crippen LogP contribution in [0.25, 0.3) is 0 Å². The van der Waals surface area contributed by atoms with Crippen molar-refractivity contribution in [1.82, 2.24) is 15.5 Å². The third-order valence-electron chi connectivity index (χ3n) is 8.54. The first-order chi connectivity index (χ1) is 21.3. The van der Waals surface area contributed by atoms with Gasteiger partial charge < -0.3 is 30.1 Å². The van der Waals surface area contributed by atoms with E-state index in [-0.39, 0.29) is 43.3 Å². The van der Waals surface area contributed by atoms with Gasteiger partial charge in [-0.15, -0.1) is 6.42 Å². The number of rotatable bonds is 9. The summed E-state index contributed by atoms with van der Waals surface area (Å²) in [4.78, 5) is 28.6. The lowest BCUT2D eigenvalue weighted by Gasteiger charge is -2.29. The molecule has 1 aliphatic heterocycles. The fraction of sp³-hybridized carbons (Fsp3) is 0.543. The van der Waals surface area contributed by atoms with Crippen LogP contribution in [0.5, 0.6) is 5.75 Å². The van der Waals surface area contributed by atoms with Gasteiger partial charge in [0, 0.05) is 50.3 Å². The summed E-state index contributed by atoms with van der Waals surface area (Å²) in [5.74, 6) is 1.73. The van der Waals surface area contributed by atoms with E-state index >= 15 is 0 Å². The summed E-state index contributed by atoms with van der Waals surface area (Å²) in [6, 6.07) is 11.6. The number of nitrogens with zero attached hydrogens (tertiary/aromatic N) is 1. The molecule has 3 N–H and O–H groups in total. The van der Waals surface area contributed by atoms with Crippen molar-refractivity contribution >= 4 is 11.8 Å². The Labute approximate surface area is 260 Å². The van der Waals surface area contributed by atoms with Gasteiger partial charge in [0.1, 0.15) is 11.6 Å². The number of fused-ring (bicyclic) bond motifs is 2. The molecule has 1 fully saturated rings. The Morgan fingerprint density at radius 1 is 1.25 bits per heavy atom. The lowest BCUT2D eigenvalue weighted by atomic mass is 9.97. The third-order valence-corrected chi connectivity index (χ3v) is 8.54. The Hall–Kier alpha value is -3.45. The Morgan fingerprint density at radius 3 is 2.80 bits per heavy atom. The second kappa shape index (κ2) is 16.0. The summed E-state index contributed by atoms with van der Waals surface area (Å²) in [5.41, 5.74) is 2.16. The molecule has 0 saturated heterocycles. The van der Waals surface area contributed by atoms with Gasteiger partial charge >= 0.3 is 0 Å². The van der Waals surface area contributed by atoms with E-state index in [0.717, 1.165) is 36.8 Å². The number of hydrogen-bond acceptors (Lipinski definition) is 6. The molecule has 0 aromatic heterocycles. The first-order valence-corrected chi connectivity index (χ1v) is 15.8. The highest BCUT2D eigenvalue weighted by Gasteiger charge is 2.44. The predicted molar refractivity (Wildman–Crippen MR) is 168 cm³/mol. The largest absolute Gasteiger partial charge is 0.493 e. The molecule has 238 valence electrons. The van der Waals surface area contributed by atoms with Gasteiger partial charge in [0.25, 0.3) is 0 Å². The highest BCUT2D eigenvalue weighted by Crippen LogP contribution is 2.45. The van der Waals surface area contributed by atoms with Gasteiger partial charge in [0.05, 0.1) is 31.3 Å². The van der Waals surface area contributed by atoms with Gasteiger partial charge in [-0.1, -0.05) is 25.0 Å². The maximum atomic E-state index is 14.7. The van der Waals surface area contributed by atoms with Crippen molar-refractivity contribution in [3.05, 3.63) is 65.0 Å². The topological polar surface area (TPSA) is 100 Å². The highest BCUT2D eigenvalue weighted by molar-refractivity contribution is 5.81. The fourth-order valence-electron chi connectivity index (χ4n) is 5.87.